The van der Waals surface area contributed by atoms with E-state index in [1.807, 2.05) is 0 Å². The maximum absolute atomic E-state index is 11.7. The van der Waals surface area contributed by atoms with Crippen LogP contribution >= 0.6 is 0 Å². The molecule has 1 rings (SSSR count). The number of nitrogens with two attached hydrogens (primary N) is 1. The Kier molecular flexibility index (Phi) is 6.35. The summed E-state index contributed by atoms with van der Waals surface area (Å²) in [7, 11) is 0. The number of nitrogens with one attached hydrogen (secondary N) is 1. The Balaban J connectivity index is 2.19. The van der Waals surface area contributed by atoms with Gasteiger partial charge in [0.25, 0.3) is 0 Å². The van der Waals surface area contributed by atoms with E-state index < -0.39 is 0 Å². The van der Waals surface area contributed by atoms with Crippen LogP contribution in [0.15, 0.2) is 10.9 Å². The van der Waals surface area contributed by atoms with E-state index in [1.165, 1.54) is 6.39 Å². The van der Waals surface area contributed by atoms with Gasteiger partial charge in [0.05, 0.1) is 0 Å². The van der Waals surface area contributed by atoms with Crippen LogP contribution in [0.2, 0.25) is 0 Å². The van der Waals surface area contributed by atoms with E-state index in [4.69, 9.17) is 5.73 Å². The minimum absolute atomic E-state index is 0.0367. The fraction of sp³-hybridized carbons (Fsp3) is 0.750. The average molecular weight is 254 g/mol. The lowest BCUT2D eigenvalue weighted by Gasteiger charge is -2.16. The maximum atomic E-state index is 11.7. The molecule has 1 heterocycles. The van der Waals surface area contributed by atoms with Crippen LogP contribution in [-0.2, 0) is 11.2 Å². The fourth-order valence-electron chi connectivity index (χ4n) is 1.88. The number of rotatable bonds is 8. The van der Waals surface area contributed by atoms with E-state index in [-0.39, 0.29) is 11.8 Å². The van der Waals surface area contributed by atoms with Crippen molar-refractivity contribution >= 4 is 5.91 Å². The van der Waals surface area contributed by atoms with Crippen LogP contribution in [0.4, 0.5) is 0 Å². The van der Waals surface area contributed by atoms with Crippen molar-refractivity contribution in [1.29, 1.82) is 0 Å². The van der Waals surface area contributed by atoms with Crippen molar-refractivity contribution in [2.24, 2.45) is 17.6 Å². The van der Waals surface area contributed by atoms with Crippen molar-refractivity contribution in [2.45, 2.75) is 33.1 Å². The average Bonchev–Trinajstić information content (AvgIpc) is 2.80. The van der Waals surface area contributed by atoms with Gasteiger partial charge in [0.15, 0.2) is 5.82 Å². The van der Waals surface area contributed by atoms with E-state index in [2.05, 4.69) is 33.8 Å². The first-order valence-corrected chi connectivity index (χ1v) is 6.33. The molecule has 1 aromatic rings. The molecule has 0 bridgehead atoms. The highest BCUT2D eigenvalue weighted by Crippen LogP contribution is 2.13. The fourth-order valence-corrected chi connectivity index (χ4v) is 1.88. The van der Waals surface area contributed by atoms with Crippen molar-refractivity contribution in [2.75, 3.05) is 13.1 Å². The molecule has 1 aromatic heterocycles. The van der Waals surface area contributed by atoms with Crippen molar-refractivity contribution in [3.63, 3.8) is 0 Å². The Hall–Kier alpha value is -1.43. The molecule has 1 amide bonds. The topological polar surface area (TPSA) is 94.0 Å². The highest BCUT2D eigenvalue weighted by atomic mass is 16.5. The molecule has 0 saturated carbocycles. The second kappa shape index (κ2) is 7.81. The Morgan fingerprint density at radius 2 is 2.33 bits per heavy atom. The molecule has 0 fully saturated rings. The molecule has 1 atom stereocenters. The molecule has 6 heteroatoms. The monoisotopic (exact) mass is 254 g/mol. The van der Waals surface area contributed by atoms with Gasteiger partial charge in [-0.1, -0.05) is 19.0 Å². The van der Waals surface area contributed by atoms with Crippen LogP contribution < -0.4 is 11.1 Å². The Labute approximate surface area is 107 Å². The summed E-state index contributed by atoms with van der Waals surface area (Å²) in [5, 5.41) is 6.51. The summed E-state index contributed by atoms with van der Waals surface area (Å²) in [4.78, 5) is 15.6. The molecule has 18 heavy (non-hydrogen) atoms. The normalized spacial score (nSPS) is 12.7. The molecule has 0 radical (unpaired) electrons. The maximum Gasteiger partial charge on any atom is 0.220 e. The van der Waals surface area contributed by atoms with E-state index in [0.717, 1.165) is 6.42 Å². The second-order valence-electron chi connectivity index (χ2n) is 4.88. The van der Waals surface area contributed by atoms with Crippen molar-refractivity contribution in [1.82, 2.24) is 15.5 Å². The summed E-state index contributed by atoms with van der Waals surface area (Å²) in [6, 6.07) is 0. The first-order chi connectivity index (χ1) is 8.61. The van der Waals surface area contributed by atoms with Gasteiger partial charge in [-0.25, -0.2) is 0 Å². The molecule has 102 valence electrons. The summed E-state index contributed by atoms with van der Waals surface area (Å²) in [5.41, 5.74) is 5.66. The lowest BCUT2D eigenvalue weighted by Crippen LogP contribution is -2.30. The number of amides is 1. The van der Waals surface area contributed by atoms with Crippen LogP contribution in [-0.4, -0.2) is 29.1 Å². The zero-order valence-electron chi connectivity index (χ0n) is 11.1. The van der Waals surface area contributed by atoms with E-state index >= 15 is 0 Å². The molecule has 0 aromatic carbocycles. The number of hydrogen-bond donors (Lipinski definition) is 2. The molecule has 0 spiro atoms. The van der Waals surface area contributed by atoms with Crippen LogP contribution in [0.25, 0.3) is 0 Å². The van der Waals surface area contributed by atoms with Gasteiger partial charge < -0.3 is 15.6 Å². The molecule has 0 saturated heterocycles. The summed E-state index contributed by atoms with van der Waals surface area (Å²) in [6.45, 7) is 5.35. The van der Waals surface area contributed by atoms with Gasteiger partial charge in [0.2, 0.25) is 12.3 Å². The van der Waals surface area contributed by atoms with Gasteiger partial charge in [0.1, 0.15) is 0 Å². The summed E-state index contributed by atoms with van der Waals surface area (Å²) in [6.07, 6.45) is 3.33. The predicted molar refractivity (Wildman–Crippen MR) is 67.6 cm³/mol. The van der Waals surface area contributed by atoms with Gasteiger partial charge in [-0.15, -0.1) is 0 Å². The van der Waals surface area contributed by atoms with E-state index in [9.17, 15) is 4.79 Å². The van der Waals surface area contributed by atoms with E-state index in [0.29, 0.717) is 37.7 Å². The van der Waals surface area contributed by atoms with Crippen molar-refractivity contribution < 1.29 is 9.32 Å². The lowest BCUT2D eigenvalue weighted by molar-refractivity contribution is -0.122. The van der Waals surface area contributed by atoms with E-state index in [1.54, 1.807) is 0 Å². The summed E-state index contributed by atoms with van der Waals surface area (Å²) < 4.78 is 4.61. The van der Waals surface area contributed by atoms with Gasteiger partial charge in [0, 0.05) is 19.4 Å². The Bertz CT molecular complexity index is 338. The largest absolute Gasteiger partial charge is 0.356 e. The third-order valence-electron chi connectivity index (χ3n) is 2.69. The van der Waals surface area contributed by atoms with Gasteiger partial charge in [-0.05, 0) is 24.8 Å². The molecule has 1 unspecified atom stereocenters. The van der Waals surface area contributed by atoms with Crippen molar-refractivity contribution in [3.8, 4) is 0 Å². The Morgan fingerprint density at radius 1 is 1.56 bits per heavy atom. The van der Waals surface area contributed by atoms with Crippen LogP contribution in [0, 0.1) is 11.8 Å². The molecule has 6 nitrogen and oxygen atoms in total. The smallest absolute Gasteiger partial charge is 0.220 e. The minimum atomic E-state index is 0.0367. The van der Waals surface area contributed by atoms with Gasteiger partial charge in [-0.2, -0.15) is 4.98 Å². The molecular weight excluding hydrogens is 232 g/mol. The third-order valence-corrected chi connectivity index (χ3v) is 2.69. The van der Waals surface area contributed by atoms with Crippen LogP contribution in [0.5, 0.6) is 0 Å². The number of carbonyl (C=O) groups is 1. The second-order valence-corrected chi connectivity index (χ2v) is 4.88. The molecule has 3 N–H and O–H groups in total. The number of hydrogen-bond acceptors (Lipinski definition) is 5. The minimum Gasteiger partial charge on any atom is -0.356 e. The molecule has 0 aliphatic rings. The van der Waals surface area contributed by atoms with Crippen LogP contribution in [0.1, 0.15) is 32.5 Å². The quantitative estimate of drug-likeness (QED) is 0.713. The first-order valence-electron chi connectivity index (χ1n) is 6.33. The first kappa shape index (κ1) is 14.6. The Morgan fingerprint density at radius 3 is 2.89 bits per heavy atom. The summed E-state index contributed by atoms with van der Waals surface area (Å²) in [5.74, 6) is 1.46. The number of carbonyl (C=O) groups excluding carboxylic acids is 1. The summed E-state index contributed by atoms with van der Waals surface area (Å²) >= 11 is 0. The lowest BCUT2D eigenvalue weighted by atomic mass is 9.94. The zero-order valence-corrected chi connectivity index (χ0v) is 11.1. The number of aromatic nitrogens is 2. The highest BCUT2D eigenvalue weighted by molar-refractivity contribution is 5.76. The predicted octanol–water partition coefficient (Wildman–Crippen LogP) is 0.739. The SMILES string of the molecule is CC(C)CC(CN)CC(=O)NCCc1ncon1. The molecule has 0 aliphatic carbocycles. The van der Waals surface area contributed by atoms with Crippen molar-refractivity contribution in [3.05, 3.63) is 12.2 Å². The molecule has 0 aliphatic heterocycles. The third kappa shape index (κ3) is 5.77. The van der Waals surface area contributed by atoms with Crippen LogP contribution in [0.3, 0.4) is 0 Å². The standard InChI is InChI=1S/C12H22N4O2/c1-9(2)5-10(7-13)6-12(17)14-4-3-11-15-8-18-16-11/h8-10H,3-7,13H2,1-2H3,(H,14,17). The van der Waals surface area contributed by atoms with Gasteiger partial charge >= 0.3 is 0 Å². The zero-order chi connectivity index (χ0) is 13.4. The number of nitrogens with zero attached hydrogens (tertiary/aromatic N) is 2. The van der Waals surface area contributed by atoms with Gasteiger partial charge in [-0.3, -0.25) is 4.79 Å². The molecular formula is C12H22N4O2. The highest BCUT2D eigenvalue weighted by Gasteiger charge is 2.13.